The van der Waals surface area contributed by atoms with E-state index < -0.39 is 0 Å². The Balaban J connectivity index is 1.31. The number of aromatic amines is 1. The minimum atomic E-state index is -0.291. The number of hydrogen-bond donors (Lipinski definition) is 3. The van der Waals surface area contributed by atoms with Crippen molar-refractivity contribution in [2.75, 3.05) is 23.7 Å². The van der Waals surface area contributed by atoms with Gasteiger partial charge in [-0.3, -0.25) is 4.68 Å². The van der Waals surface area contributed by atoms with Gasteiger partial charge in [0.25, 0.3) is 0 Å². The number of nitrogens with zero attached hydrogens (tertiary/aromatic N) is 4. The third-order valence-corrected chi connectivity index (χ3v) is 8.18. The zero-order valence-electron chi connectivity index (χ0n) is 17.8. The molecule has 1 unspecified atom stereocenters. The molecule has 3 aromatic rings. The van der Waals surface area contributed by atoms with Crippen LogP contribution >= 0.6 is 0 Å². The van der Waals surface area contributed by atoms with E-state index in [1.165, 1.54) is 14.5 Å². The number of amides is 2. The molecule has 4 heterocycles. The number of rotatable bonds is 4. The number of H-pyrrole nitrogens is 1. The van der Waals surface area contributed by atoms with E-state index in [-0.39, 0.29) is 27.2 Å². The van der Waals surface area contributed by atoms with Gasteiger partial charge in [0.1, 0.15) is 0 Å². The van der Waals surface area contributed by atoms with Crippen LogP contribution in [0.1, 0.15) is 24.3 Å². The Hall–Kier alpha value is -3.08. The Bertz CT molecular complexity index is 1280. The molecule has 2 aromatic heterocycles. The molecule has 0 bridgehead atoms. The summed E-state index contributed by atoms with van der Waals surface area (Å²) in [5.41, 5.74) is 3.00. The maximum atomic E-state index is 12.4. The monoisotopic (exact) mass is 542 g/mol. The number of carbonyl (C=O) groups excluding carboxylic acids is 1. The van der Waals surface area contributed by atoms with Gasteiger partial charge >= 0.3 is 179 Å². The van der Waals surface area contributed by atoms with E-state index in [1.807, 2.05) is 31.6 Å². The molecule has 2 amide bonds. The van der Waals surface area contributed by atoms with E-state index in [2.05, 4.69) is 52.9 Å². The number of anilines is 2. The van der Waals surface area contributed by atoms with Crippen molar-refractivity contribution in [3.05, 3.63) is 75.3 Å². The van der Waals surface area contributed by atoms with Crippen molar-refractivity contribution in [2.24, 2.45) is 12.0 Å². The fourth-order valence-electron chi connectivity index (χ4n) is 4.18. The first-order chi connectivity index (χ1) is 15.7. The van der Waals surface area contributed by atoms with Crippen LogP contribution in [0.3, 0.4) is 0 Å². The van der Waals surface area contributed by atoms with E-state index in [0.717, 1.165) is 37.1 Å². The van der Waals surface area contributed by atoms with Gasteiger partial charge in [-0.25, -0.2) is 0 Å². The summed E-state index contributed by atoms with van der Waals surface area (Å²) >= 11 is -0.223. The average Bonchev–Trinajstić information content (AvgIpc) is 3.37. The maximum absolute atomic E-state index is 12.4. The first-order valence-corrected chi connectivity index (χ1v) is 12.9. The van der Waals surface area contributed by atoms with Crippen molar-refractivity contribution in [2.45, 2.75) is 18.8 Å². The number of halogens is 1. The van der Waals surface area contributed by atoms with Gasteiger partial charge in [0, 0.05) is 13.2 Å². The van der Waals surface area contributed by atoms with Crippen LogP contribution in [0, 0.1) is 0 Å². The van der Waals surface area contributed by atoms with Gasteiger partial charge < -0.3 is 0 Å². The SMILES string of the molecule is Cn1ccc(NC(=O)Nc2cccc(C3CCCN(C4=c5cc[nH]c5=NC=C[I-]4)C3)c2)n1. The van der Waals surface area contributed by atoms with Crippen LogP contribution < -0.4 is 42.5 Å². The molecule has 8 nitrogen and oxygen atoms in total. The van der Waals surface area contributed by atoms with Crippen LogP contribution in [0.25, 0.3) is 3.70 Å². The molecule has 0 radical (unpaired) electrons. The van der Waals surface area contributed by atoms with Crippen molar-refractivity contribution in [1.82, 2.24) is 19.7 Å². The molecular weight excluding hydrogens is 517 g/mol. The number of urea groups is 1. The molecule has 1 atom stereocenters. The van der Waals surface area contributed by atoms with Crippen LogP contribution in [0.15, 0.2) is 64.1 Å². The van der Waals surface area contributed by atoms with E-state index in [0.29, 0.717) is 11.7 Å². The van der Waals surface area contributed by atoms with E-state index >= 15 is 0 Å². The average molecular weight is 542 g/mol. The fourth-order valence-corrected chi connectivity index (χ4v) is 6.45. The molecule has 1 fully saturated rings. The first kappa shape index (κ1) is 20.8. The van der Waals surface area contributed by atoms with Gasteiger partial charge in [-0.1, -0.05) is 0 Å². The summed E-state index contributed by atoms with van der Waals surface area (Å²) in [6, 6.07) is 11.8. The third-order valence-electron chi connectivity index (χ3n) is 5.64. The van der Waals surface area contributed by atoms with Crippen LogP contribution in [0.2, 0.25) is 0 Å². The predicted molar refractivity (Wildman–Crippen MR) is 120 cm³/mol. The van der Waals surface area contributed by atoms with Crippen molar-refractivity contribution >= 4 is 21.2 Å². The Morgan fingerprint density at radius 1 is 1.25 bits per heavy atom. The second-order valence-electron chi connectivity index (χ2n) is 7.91. The number of aryl methyl sites for hydroxylation is 1. The molecule has 0 spiro atoms. The van der Waals surface area contributed by atoms with E-state index in [4.69, 9.17) is 0 Å². The second kappa shape index (κ2) is 9.19. The van der Waals surface area contributed by atoms with Gasteiger partial charge in [-0.05, 0) is 0 Å². The molecule has 0 saturated carbocycles. The molecule has 3 N–H and O–H groups in total. The molecule has 9 heteroatoms. The summed E-state index contributed by atoms with van der Waals surface area (Å²) in [6.45, 7) is 2.06. The van der Waals surface area contributed by atoms with Gasteiger partial charge in [0.2, 0.25) is 0 Å². The number of hydrogen-bond acceptors (Lipinski definition) is 4. The van der Waals surface area contributed by atoms with Crippen LogP contribution in [-0.2, 0) is 7.05 Å². The Morgan fingerprint density at radius 2 is 2.19 bits per heavy atom. The molecule has 2 aliphatic rings. The Kier molecular flexibility index (Phi) is 5.97. The summed E-state index contributed by atoms with van der Waals surface area (Å²) in [7, 11) is 1.82. The number of fused-ring (bicyclic) bond motifs is 1. The summed E-state index contributed by atoms with van der Waals surface area (Å²) < 4.78 is 5.32. The standard InChI is InChI=1S/C23H25IN7O/c1-30-13-8-20(29-30)28-23(32)27-18-6-2-4-16(14-18)17-5-3-12-31(15-17)21-19-7-10-25-22(19)26-11-9-24-21/h2,4,6-11,13-14,17H,3,5,12,15H2,1H3,(H,25,26)(H2,27,28,29,32)/q-1. The quantitative estimate of drug-likeness (QED) is 0.308. The number of nitrogens with one attached hydrogen (secondary N) is 3. The topological polar surface area (TPSA) is 90.3 Å². The number of aromatic nitrogens is 3. The zero-order chi connectivity index (χ0) is 21.9. The van der Waals surface area contributed by atoms with Crippen molar-refractivity contribution in [1.29, 1.82) is 0 Å². The van der Waals surface area contributed by atoms with Crippen LogP contribution in [0.4, 0.5) is 16.3 Å². The third kappa shape index (κ3) is 4.57. The van der Waals surface area contributed by atoms with Gasteiger partial charge in [0.15, 0.2) is 0 Å². The Morgan fingerprint density at radius 3 is 3.06 bits per heavy atom. The van der Waals surface area contributed by atoms with Gasteiger partial charge in [-0.2, -0.15) is 0 Å². The molecule has 1 aromatic carbocycles. The second-order valence-corrected chi connectivity index (χ2v) is 10.3. The normalized spacial score (nSPS) is 18.2. The minimum absolute atomic E-state index is 0.223. The van der Waals surface area contributed by atoms with Crippen molar-refractivity contribution in [3.63, 3.8) is 0 Å². The predicted octanol–water partition coefficient (Wildman–Crippen LogP) is -0.469. The van der Waals surface area contributed by atoms with Crippen molar-refractivity contribution in [3.8, 4) is 0 Å². The summed E-state index contributed by atoms with van der Waals surface area (Å²) in [6.07, 6.45) is 7.99. The molecular formula is C23H25IN7O-. The van der Waals surface area contributed by atoms with Crippen LogP contribution in [-0.4, -0.2) is 38.8 Å². The number of likely N-dealkylation sites (tertiary alicyclic amines) is 1. The summed E-state index contributed by atoms with van der Waals surface area (Å²) in [4.78, 5) is 22.7. The zero-order valence-corrected chi connectivity index (χ0v) is 19.9. The summed E-state index contributed by atoms with van der Waals surface area (Å²) in [5, 5.41) is 11.1. The molecule has 166 valence electrons. The van der Waals surface area contributed by atoms with E-state index in [9.17, 15) is 4.79 Å². The molecule has 5 rings (SSSR count). The fraction of sp³-hybridized carbons (Fsp3) is 0.261. The molecule has 0 aliphatic carbocycles. The number of benzene rings is 1. The van der Waals surface area contributed by atoms with Gasteiger partial charge in [-0.15, -0.1) is 0 Å². The van der Waals surface area contributed by atoms with E-state index in [1.54, 1.807) is 16.9 Å². The first-order valence-electron chi connectivity index (χ1n) is 10.6. The Labute approximate surface area is 196 Å². The summed E-state index contributed by atoms with van der Waals surface area (Å²) in [5.74, 6) is 0.949. The van der Waals surface area contributed by atoms with Crippen LogP contribution in [0.5, 0.6) is 0 Å². The number of carbonyl (C=O) groups is 1. The van der Waals surface area contributed by atoms with Gasteiger partial charge in [0.05, 0.1) is 0 Å². The molecule has 1 saturated heterocycles. The molecule has 2 aliphatic heterocycles. The molecule has 32 heavy (non-hydrogen) atoms. The van der Waals surface area contributed by atoms with Crippen molar-refractivity contribution < 1.29 is 26.0 Å². The number of piperidine rings is 1.